The maximum Gasteiger partial charge on any atom is 0.0387 e. The third kappa shape index (κ3) is 1.33. The highest BCUT2D eigenvalue weighted by atomic mass is 79.9. The Bertz CT molecular complexity index is 270. The van der Waals surface area contributed by atoms with Crippen LogP contribution in [0, 0.1) is 0 Å². The molecule has 2 heteroatoms. The van der Waals surface area contributed by atoms with Crippen LogP contribution in [0.3, 0.4) is 0 Å². The Morgan fingerprint density at radius 1 is 1.36 bits per heavy atom. The van der Waals surface area contributed by atoms with Gasteiger partial charge in [0.15, 0.2) is 0 Å². The minimum Gasteiger partial charge on any atom is -0.237 e. The Balaban J connectivity index is 2.49. The third-order valence-corrected chi connectivity index (χ3v) is 2.76. The van der Waals surface area contributed by atoms with Crippen LogP contribution in [0.25, 0.3) is 0 Å². The van der Waals surface area contributed by atoms with Gasteiger partial charge < -0.3 is 0 Å². The van der Waals surface area contributed by atoms with Crippen LogP contribution in [0.1, 0.15) is 11.1 Å². The average molecular weight is 211 g/mol. The molecule has 11 heavy (non-hydrogen) atoms. The molecule has 57 valence electrons. The first-order valence-corrected chi connectivity index (χ1v) is 4.57. The highest BCUT2D eigenvalue weighted by Crippen LogP contribution is 2.23. The van der Waals surface area contributed by atoms with Crippen LogP contribution < -0.4 is 5.32 Å². The van der Waals surface area contributed by atoms with E-state index in [9.17, 15) is 0 Å². The molecule has 0 saturated heterocycles. The molecular weight excluding hydrogens is 202 g/mol. The van der Waals surface area contributed by atoms with Crippen molar-refractivity contribution in [3.05, 3.63) is 33.8 Å². The molecule has 0 atom stereocenters. The van der Waals surface area contributed by atoms with E-state index in [0.29, 0.717) is 0 Å². The van der Waals surface area contributed by atoms with E-state index in [0.717, 1.165) is 19.5 Å². The SMILES string of the molecule is Brc1cccc2c1CC[N]C2. The highest BCUT2D eigenvalue weighted by Gasteiger charge is 2.10. The van der Waals surface area contributed by atoms with Gasteiger partial charge >= 0.3 is 0 Å². The molecule has 0 N–H and O–H groups in total. The molecule has 1 aliphatic heterocycles. The van der Waals surface area contributed by atoms with Crippen LogP contribution in [0.5, 0.6) is 0 Å². The first kappa shape index (κ1) is 7.32. The molecule has 1 heterocycles. The van der Waals surface area contributed by atoms with Gasteiger partial charge in [-0.15, -0.1) is 0 Å². The summed E-state index contributed by atoms with van der Waals surface area (Å²) >= 11 is 3.54. The van der Waals surface area contributed by atoms with E-state index in [1.54, 1.807) is 0 Å². The second-order valence-electron chi connectivity index (χ2n) is 2.73. The van der Waals surface area contributed by atoms with Crippen molar-refractivity contribution in [3.8, 4) is 0 Å². The lowest BCUT2D eigenvalue weighted by molar-refractivity contribution is 0.628. The molecule has 0 spiro atoms. The minimum absolute atomic E-state index is 0.898. The lowest BCUT2D eigenvalue weighted by Gasteiger charge is -2.16. The second kappa shape index (κ2) is 2.95. The van der Waals surface area contributed by atoms with Crippen molar-refractivity contribution in [1.82, 2.24) is 5.32 Å². The van der Waals surface area contributed by atoms with E-state index in [4.69, 9.17) is 0 Å². The molecule has 0 aliphatic carbocycles. The van der Waals surface area contributed by atoms with Gasteiger partial charge in [0.05, 0.1) is 0 Å². The summed E-state index contributed by atoms with van der Waals surface area (Å²) in [5.74, 6) is 0. The molecule has 1 aromatic carbocycles. The molecule has 0 fully saturated rings. The monoisotopic (exact) mass is 210 g/mol. The summed E-state index contributed by atoms with van der Waals surface area (Å²) < 4.78 is 1.24. The van der Waals surface area contributed by atoms with Gasteiger partial charge in [-0.05, 0) is 23.6 Å². The van der Waals surface area contributed by atoms with E-state index < -0.39 is 0 Å². The van der Waals surface area contributed by atoms with Gasteiger partial charge in [-0.2, -0.15) is 0 Å². The Labute approximate surface area is 74.9 Å². The van der Waals surface area contributed by atoms with Gasteiger partial charge in [0.25, 0.3) is 0 Å². The number of rotatable bonds is 0. The van der Waals surface area contributed by atoms with Crippen LogP contribution >= 0.6 is 15.9 Å². The third-order valence-electron chi connectivity index (χ3n) is 2.02. The quantitative estimate of drug-likeness (QED) is 0.624. The predicted octanol–water partition coefficient (Wildman–Crippen LogP) is 2.11. The molecule has 1 nitrogen and oxygen atoms in total. The van der Waals surface area contributed by atoms with Gasteiger partial charge in [-0.25, -0.2) is 5.32 Å². The van der Waals surface area contributed by atoms with Crippen LogP contribution in [-0.4, -0.2) is 6.54 Å². The maximum atomic E-state index is 4.34. The van der Waals surface area contributed by atoms with Gasteiger partial charge in [0, 0.05) is 17.6 Å². The van der Waals surface area contributed by atoms with Crippen molar-refractivity contribution in [2.75, 3.05) is 6.54 Å². The molecular formula is C9H9BrN. The van der Waals surface area contributed by atoms with Gasteiger partial charge in [0.2, 0.25) is 0 Å². The fourth-order valence-corrected chi connectivity index (χ4v) is 2.03. The summed E-state index contributed by atoms with van der Waals surface area (Å²) in [5, 5.41) is 4.34. The largest absolute Gasteiger partial charge is 0.237 e. The molecule has 2 rings (SSSR count). The number of halogens is 1. The van der Waals surface area contributed by atoms with Crippen molar-refractivity contribution in [2.24, 2.45) is 0 Å². The summed E-state index contributed by atoms with van der Waals surface area (Å²) in [6.07, 6.45) is 1.09. The summed E-state index contributed by atoms with van der Waals surface area (Å²) in [5.41, 5.74) is 2.83. The fraction of sp³-hybridized carbons (Fsp3) is 0.333. The zero-order valence-corrected chi connectivity index (χ0v) is 7.76. The Hall–Kier alpha value is -0.340. The second-order valence-corrected chi connectivity index (χ2v) is 3.59. The van der Waals surface area contributed by atoms with Gasteiger partial charge in [0.1, 0.15) is 0 Å². The van der Waals surface area contributed by atoms with Crippen LogP contribution in [-0.2, 0) is 13.0 Å². The van der Waals surface area contributed by atoms with Crippen molar-refractivity contribution in [3.63, 3.8) is 0 Å². The number of nitrogens with zero attached hydrogens (tertiary/aromatic N) is 1. The standard InChI is InChI=1S/C9H9BrN/c10-9-3-1-2-7-6-11-5-4-8(7)9/h1-3H,4-6H2. The number of benzene rings is 1. The number of fused-ring (bicyclic) bond motifs is 1. The summed E-state index contributed by atoms with van der Waals surface area (Å²) in [6.45, 7) is 1.88. The van der Waals surface area contributed by atoms with Crippen LogP contribution in [0.2, 0.25) is 0 Å². The molecule has 0 saturated carbocycles. The fourth-order valence-electron chi connectivity index (χ4n) is 1.42. The lowest BCUT2D eigenvalue weighted by atomic mass is 10.0. The van der Waals surface area contributed by atoms with Crippen molar-refractivity contribution < 1.29 is 0 Å². The zero-order chi connectivity index (χ0) is 7.68. The summed E-state index contributed by atoms with van der Waals surface area (Å²) in [4.78, 5) is 0. The van der Waals surface area contributed by atoms with Gasteiger partial charge in [-0.3, -0.25) is 0 Å². The molecule has 0 bridgehead atoms. The molecule has 0 aromatic heterocycles. The van der Waals surface area contributed by atoms with Crippen LogP contribution in [0.15, 0.2) is 22.7 Å². The van der Waals surface area contributed by atoms with Crippen molar-refractivity contribution in [2.45, 2.75) is 13.0 Å². The lowest BCUT2D eigenvalue weighted by Crippen LogP contribution is -2.17. The molecule has 0 amide bonds. The van der Waals surface area contributed by atoms with Crippen molar-refractivity contribution >= 4 is 15.9 Å². The number of hydrogen-bond acceptors (Lipinski definition) is 0. The van der Waals surface area contributed by atoms with Crippen LogP contribution in [0.4, 0.5) is 0 Å². The highest BCUT2D eigenvalue weighted by molar-refractivity contribution is 9.10. The Morgan fingerprint density at radius 2 is 2.27 bits per heavy atom. The normalized spacial score (nSPS) is 16.1. The van der Waals surface area contributed by atoms with Crippen molar-refractivity contribution in [1.29, 1.82) is 0 Å². The topological polar surface area (TPSA) is 14.1 Å². The Kier molecular flexibility index (Phi) is 1.96. The van der Waals surface area contributed by atoms with E-state index >= 15 is 0 Å². The summed E-state index contributed by atoms with van der Waals surface area (Å²) in [6, 6.07) is 6.33. The molecule has 0 unspecified atom stereocenters. The molecule has 1 aromatic rings. The van der Waals surface area contributed by atoms with E-state index in [-0.39, 0.29) is 0 Å². The number of hydrogen-bond donors (Lipinski definition) is 0. The van der Waals surface area contributed by atoms with Gasteiger partial charge in [-0.1, -0.05) is 28.1 Å². The Morgan fingerprint density at radius 3 is 3.09 bits per heavy atom. The van der Waals surface area contributed by atoms with E-state index in [1.807, 2.05) is 0 Å². The van der Waals surface area contributed by atoms with E-state index in [2.05, 4.69) is 39.4 Å². The summed E-state index contributed by atoms with van der Waals surface area (Å²) in [7, 11) is 0. The molecule has 1 aliphatic rings. The molecule has 1 radical (unpaired) electrons. The smallest absolute Gasteiger partial charge is 0.0387 e. The first-order chi connectivity index (χ1) is 5.38. The maximum absolute atomic E-state index is 4.34. The average Bonchev–Trinajstić information content (AvgIpc) is 2.06. The predicted molar refractivity (Wildman–Crippen MR) is 48.6 cm³/mol. The zero-order valence-electron chi connectivity index (χ0n) is 6.18. The van der Waals surface area contributed by atoms with E-state index in [1.165, 1.54) is 15.6 Å². The first-order valence-electron chi connectivity index (χ1n) is 3.77. The minimum atomic E-state index is 0.898.